The Hall–Kier alpha value is -5.74. The van der Waals surface area contributed by atoms with E-state index < -0.39 is 11.6 Å². The zero-order valence-corrected chi connectivity index (χ0v) is 24.9. The van der Waals surface area contributed by atoms with Crippen LogP contribution in [0.1, 0.15) is 16.7 Å². The molecule has 0 saturated heterocycles. The Kier molecular flexibility index (Phi) is 8.93. The van der Waals surface area contributed by atoms with E-state index >= 15 is 0 Å². The molecule has 0 unspecified atom stereocenters. The summed E-state index contributed by atoms with van der Waals surface area (Å²) >= 11 is 0. The van der Waals surface area contributed by atoms with Gasteiger partial charge in [0, 0.05) is 39.7 Å². The third-order valence-corrected chi connectivity index (χ3v) is 7.51. The molecule has 45 heavy (non-hydrogen) atoms. The van der Waals surface area contributed by atoms with E-state index in [4.69, 9.17) is 0 Å². The van der Waals surface area contributed by atoms with Crippen molar-refractivity contribution in [2.24, 2.45) is 0 Å². The molecule has 4 heteroatoms. The Balaban J connectivity index is 1.27. The molecule has 2 nitrogen and oxygen atoms in total. The number of rotatable bonds is 9. The molecule has 0 aliphatic carbocycles. The van der Waals surface area contributed by atoms with Crippen LogP contribution in [-0.4, -0.2) is 0 Å². The molecule has 6 aromatic carbocycles. The number of para-hydroxylation sites is 3. The molecule has 0 atom stereocenters. The van der Waals surface area contributed by atoms with Gasteiger partial charge < -0.3 is 9.80 Å². The average Bonchev–Trinajstić information content (AvgIpc) is 3.08. The van der Waals surface area contributed by atoms with E-state index in [2.05, 4.69) is 107 Å². The van der Waals surface area contributed by atoms with Gasteiger partial charge in [-0.15, -0.1) is 0 Å². The van der Waals surface area contributed by atoms with Crippen LogP contribution in [0, 0.1) is 18.6 Å². The Labute approximate surface area is 263 Å². The summed E-state index contributed by atoms with van der Waals surface area (Å²) < 4.78 is 28.0. The summed E-state index contributed by atoms with van der Waals surface area (Å²) in [4.78, 5) is 4.47. The number of allylic oxidation sites excluding steroid dienone is 2. The molecule has 0 aliphatic rings. The van der Waals surface area contributed by atoms with E-state index in [0.717, 1.165) is 39.7 Å². The van der Waals surface area contributed by atoms with E-state index in [-0.39, 0.29) is 5.56 Å². The molecule has 0 spiro atoms. The minimum atomic E-state index is -0.440. The van der Waals surface area contributed by atoms with Gasteiger partial charge in [-0.25, -0.2) is 8.78 Å². The third-order valence-electron chi connectivity index (χ3n) is 7.51. The minimum Gasteiger partial charge on any atom is -0.311 e. The fraction of sp³-hybridized carbons (Fsp3) is 0.0244. The molecule has 0 aromatic heterocycles. The van der Waals surface area contributed by atoms with E-state index in [1.54, 1.807) is 19.1 Å². The van der Waals surface area contributed by atoms with Gasteiger partial charge in [0.15, 0.2) is 0 Å². The van der Waals surface area contributed by atoms with Crippen molar-refractivity contribution < 1.29 is 8.78 Å². The van der Waals surface area contributed by atoms with Gasteiger partial charge in [-0.3, -0.25) is 0 Å². The van der Waals surface area contributed by atoms with Gasteiger partial charge >= 0.3 is 0 Å². The lowest BCUT2D eigenvalue weighted by Crippen LogP contribution is -2.12. The lowest BCUT2D eigenvalue weighted by atomic mass is 10.1. The molecule has 0 bridgehead atoms. The number of hydrogen-bond acceptors (Lipinski definition) is 2. The lowest BCUT2D eigenvalue weighted by Gasteiger charge is -2.28. The molecule has 6 rings (SSSR count). The van der Waals surface area contributed by atoms with Gasteiger partial charge in [-0.1, -0.05) is 91.0 Å². The van der Waals surface area contributed by atoms with Crippen molar-refractivity contribution >= 4 is 46.3 Å². The van der Waals surface area contributed by atoms with Crippen LogP contribution in [0.5, 0.6) is 0 Å². The van der Waals surface area contributed by atoms with Gasteiger partial charge in [-0.05, 0) is 103 Å². The number of benzene rings is 6. The van der Waals surface area contributed by atoms with Gasteiger partial charge in [0.05, 0.1) is 0 Å². The summed E-state index contributed by atoms with van der Waals surface area (Å²) in [6, 6.07) is 50.3. The number of hydrogen-bond donors (Lipinski definition) is 0. The minimum absolute atomic E-state index is 0.221. The van der Waals surface area contributed by atoms with E-state index in [0.29, 0.717) is 5.56 Å². The van der Waals surface area contributed by atoms with Crippen LogP contribution < -0.4 is 9.80 Å². The Morgan fingerprint density at radius 2 is 0.800 bits per heavy atom. The van der Waals surface area contributed by atoms with Crippen LogP contribution in [-0.2, 0) is 0 Å². The predicted molar refractivity (Wildman–Crippen MR) is 185 cm³/mol. The molecule has 220 valence electrons. The Morgan fingerprint density at radius 1 is 0.422 bits per heavy atom. The van der Waals surface area contributed by atoms with Crippen LogP contribution in [0.15, 0.2) is 164 Å². The highest BCUT2D eigenvalue weighted by atomic mass is 19.1. The average molecular weight is 591 g/mol. The summed E-state index contributed by atoms with van der Waals surface area (Å²) in [5, 5.41) is 0. The second kappa shape index (κ2) is 13.7. The summed E-state index contributed by atoms with van der Waals surface area (Å²) in [5.74, 6) is -0.859. The maximum Gasteiger partial charge on any atom is 0.130 e. The molecule has 0 amide bonds. The second-order valence-electron chi connectivity index (χ2n) is 10.6. The standard InChI is InChI=1S/C41H32F2N2/c1-31-29-41(43)33(30-40(31)42)14-12-11-13-32-21-23-37(24-22-32)45(36-19-9-4-10-20-36)39-27-25-38(26-28-39)44(34-15-5-2-6-16-34)35-17-7-3-8-18-35/h2-30H,1H3/b13-11+,14-12+. The number of nitrogens with zero attached hydrogens (tertiary/aromatic N) is 2. The van der Waals surface area contributed by atoms with Crippen LogP contribution >= 0.6 is 0 Å². The second-order valence-corrected chi connectivity index (χ2v) is 10.6. The van der Waals surface area contributed by atoms with Crippen LogP contribution in [0.2, 0.25) is 0 Å². The fourth-order valence-corrected chi connectivity index (χ4v) is 5.23. The lowest BCUT2D eigenvalue weighted by molar-refractivity contribution is 0.590. The third kappa shape index (κ3) is 6.92. The molecule has 0 N–H and O–H groups in total. The Morgan fingerprint density at radius 3 is 1.24 bits per heavy atom. The topological polar surface area (TPSA) is 6.48 Å². The SMILES string of the molecule is Cc1cc(F)c(/C=C/C=C/c2ccc(N(c3ccccc3)c3ccc(N(c4ccccc4)c4ccccc4)cc3)cc2)cc1F. The maximum atomic E-state index is 14.1. The predicted octanol–water partition coefficient (Wildman–Crippen LogP) is 11.9. The molecule has 0 radical (unpaired) electrons. The van der Waals surface area contributed by atoms with Crippen molar-refractivity contribution in [1.82, 2.24) is 0 Å². The van der Waals surface area contributed by atoms with Crippen molar-refractivity contribution in [2.45, 2.75) is 6.92 Å². The molecule has 0 saturated carbocycles. The molecule has 0 heterocycles. The first-order valence-electron chi connectivity index (χ1n) is 14.8. The van der Waals surface area contributed by atoms with Gasteiger partial charge in [0.1, 0.15) is 11.6 Å². The van der Waals surface area contributed by atoms with Crippen molar-refractivity contribution in [2.75, 3.05) is 9.80 Å². The van der Waals surface area contributed by atoms with Gasteiger partial charge in [-0.2, -0.15) is 0 Å². The number of halogens is 2. The first kappa shape index (κ1) is 29.3. The summed E-state index contributed by atoms with van der Waals surface area (Å²) in [7, 11) is 0. The van der Waals surface area contributed by atoms with Crippen LogP contribution in [0.25, 0.3) is 12.2 Å². The summed E-state index contributed by atoms with van der Waals surface area (Å²) in [5.41, 5.74) is 7.84. The van der Waals surface area contributed by atoms with Crippen LogP contribution in [0.4, 0.5) is 42.9 Å². The summed E-state index contributed by atoms with van der Waals surface area (Å²) in [6.45, 7) is 1.55. The fourth-order valence-electron chi connectivity index (χ4n) is 5.23. The highest BCUT2D eigenvalue weighted by Crippen LogP contribution is 2.38. The number of anilines is 6. The zero-order valence-electron chi connectivity index (χ0n) is 24.9. The molecule has 6 aromatic rings. The van der Waals surface area contributed by atoms with Crippen molar-refractivity contribution in [3.8, 4) is 0 Å². The van der Waals surface area contributed by atoms with Crippen molar-refractivity contribution in [1.29, 1.82) is 0 Å². The smallest absolute Gasteiger partial charge is 0.130 e. The van der Waals surface area contributed by atoms with Gasteiger partial charge in [0.2, 0.25) is 0 Å². The normalized spacial score (nSPS) is 11.3. The molecular weight excluding hydrogens is 558 g/mol. The van der Waals surface area contributed by atoms with Crippen LogP contribution in [0.3, 0.4) is 0 Å². The van der Waals surface area contributed by atoms with E-state index in [9.17, 15) is 8.78 Å². The Bertz CT molecular complexity index is 1860. The quantitative estimate of drug-likeness (QED) is 0.155. The highest BCUT2D eigenvalue weighted by Gasteiger charge is 2.15. The van der Waals surface area contributed by atoms with E-state index in [1.165, 1.54) is 12.1 Å². The largest absolute Gasteiger partial charge is 0.311 e. The zero-order chi connectivity index (χ0) is 31.0. The molecular formula is C41H32F2N2. The number of aryl methyl sites for hydroxylation is 1. The highest BCUT2D eigenvalue weighted by molar-refractivity contribution is 5.81. The van der Waals surface area contributed by atoms with Crippen molar-refractivity contribution in [3.63, 3.8) is 0 Å². The molecule has 0 aliphatic heterocycles. The monoisotopic (exact) mass is 590 g/mol. The first-order chi connectivity index (χ1) is 22.1. The first-order valence-corrected chi connectivity index (χ1v) is 14.8. The summed E-state index contributed by atoms with van der Waals surface area (Å²) in [6.07, 6.45) is 7.05. The molecule has 0 fully saturated rings. The van der Waals surface area contributed by atoms with Gasteiger partial charge in [0.25, 0.3) is 0 Å². The van der Waals surface area contributed by atoms with Crippen molar-refractivity contribution in [3.05, 3.63) is 192 Å². The maximum absolute atomic E-state index is 14.1. The van der Waals surface area contributed by atoms with E-state index in [1.807, 2.05) is 54.6 Å².